The lowest BCUT2D eigenvalue weighted by Gasteiger charge is -2.08. The number of rotatable bonds is 4. The monoisotopic (exact) mass is 253 g/mol. The van der Waals surface area contributed by atoms with Crippen LogP contribution in [0, 0.1) is 0 Å². The zero-order valence-corrected chi connectivity index (χ0v) is 10.7. The predicted octanol–water partition coefficient (Wildman–Crippen LogP) is 2.83. The zero-order chi connectivity index (χ0) is 13.1. The summed E-state index contributed by atoms with van der Waals surface area (Å²) in [4.78, 5) is 4.34. The van der Waals surface area contributed by atoms with Crippen molar-refractivity contribution in [3.8, 4) is 5.69 Å². The van der Waals surface area contributed by atoms with Crippen molar-refractivity contribution < 1.29 is 0 Å². The van der Waals surface area contributed by atoms with Gasteiger partial charge in [0, 0.05) is 30.8 Å². The Hall–Kier alpha value is -2.56. The van der Waals surface area contributed by atoms with Gasteiger partial charge in [0.1, 0.15) is 0 Å². The standard InChI is InChI=1S/C14H15N5/c1-2-18-11-12(10-16-18)17-14-15-8-9-19(14)13-6-4-3-5-7-13/h3-11H,2H2,1H3,(H,15,17). The number of nitrogens with zero attached hydrogens (tertiary/aromatic N) is 4. The molecule has 0 fully saturated rings. The highest BCUT2D eigenvalue weighted by molar-refractivity contribution is 5.54. The highest BCUT2D eigenvalue weighted by atomic mass is 15.3. The van der Waals surface area contributed by atoms with Crippen LogP contribution in [0.4, 0.5) is 11.6 Å². The Labute approximate surface area is 111 Å². The van der Waals surface area contributed by atoms with Crippen LogP contribution in [0.1, 0.15) is 6.92 Å². The van der Waals surface area contributed by atoms with Gasteiger partial charge in [-0.15, -0.1) is 0 Å². The lowest BCUT2D eigenvalue weighted by atomic mass is 10.3. The summed E-state index contributed by atoms with van der Waals surface area (Å²) in [5.74, 6) is 0.779. The SMILES string of the molecule is CCn1cc(Nc2nccn2-c2ccccc2)cn1. The quantitative estimate of drug-likeness (QED) is 0.777. The first kappa shape index (κ1) is 11.5. The van der Waals surface area contributed by atoms with E-state index < -0.39 is 0 Å². The van der Waals surface area contributed by atoms with Crippen LogP contribution < -0.4 is 5.32 Å². The van der Waals surface area contributed by atoms with Gasteiger partial charge < -0.3 is 5.32 Å². The molecule has 19 heavy (non-hydrogen) atoms. The highest BCUT2D eigenvalue weighted by Crippen LogP contribution is 2.18. The average molecular weight is 253 g/mol. The highest BCUT2D eigenvalue weighted by Gasteiger charge is 2.05. The summed E-state index contributed by atoms with van der Waals surface area (Å²) in [6.07, 6.45) is 7.47. The third-order valence-electron chi connectivity index (χ3n) is 2.89. The molecule has 0 bridgehead atoms. The number of aryl methyl sites for hydroxylation is 1. The summed E-state index contributed by atoms with van der Waals surface area (Å²) < 4.78 is 3.88. The van der Waals surface area contributed by atoms with Gasteiger partial charge in [0.25, 0.3) is 0 Å². The number of hydrogen-bond acceptors (Lipinski definition) is 3. The number of nitrogens with one attached hydrogen (secondary N) is 1. The van der Waals surface area contributed by atoms with Gasteiger partial charge in [-0.2, -0.15) is 5.10 Å². The van der Waals surface area contributed by atoms with Crippen molar-refractivity contribution in [1.29, 1.82) is 0 Å². The fourth-order valence-corrected chi connectivity index (χ4v) is 1.92. The van der Waals surface area contributed by atoms with Gasteiger partial charge >= 0.3 is 0 Å². The fourth-order valence-electron chi connectivity index (χ4n) is 1.92. The maximum absolute atomic E-state index is 4.34. The molecule has 0 radical (unpaired) electrons. The number of aromatic nitrogens is 4. The Bertz CT molecular complexity index is 653. The van der Waals surface area contributed by atoms with Crippen LogP contribution in [0.3, 0.4) is 0 Å². The van der Waals surface area contributed by atoms with Crippen LogP contribution in [-0.2, 0) is 6.54 Å². The molecule has 1 aromatic carbocycles. The molecule has 2 heterocycles. The van der Waals surface area contributed by atoms with E-state index in [-0.39, 0.29) is 0 Å². The number of imidazole rings is 1. The Morgan fingerprint density at radius 2 is 2.05 bits per heavy atom. The summed E-state index contributed by atoms with van der Waals surface area (Å²) >= 11 is 0. The molecule has 1 N–H and O–H groups in total. The number of hydrogen-bond donors (Lipinski definition) is 1. The molecule has 3 aromatic rings. The third-order valence-corrected chi connectivity index (χ3v) is 2.89. The molecule has 0 aliphatic rings. The van der Waals surface area contributed by atoms with Gasteiger partial charge in [-0.3, -0.25) is 9.25 Å². The summed E-state index contributed by atoms with van der Waals surface area (Å²) in [5, 5.41) is 7.51. The molecule has 0 atom stereocenters. The van der Waals surface area contributed by atoms with Crippen molar-refractivity contribution in [3.63, 3.8) is 0 Å². The topological polar surface area (TPSA) is 47.7 Å². The first-order valence-electron chi connectivity index (χ1n) is 6.25. The van der Waals surface area contributed by atoms with Crippen molar-refractivity contribution in [2.24, 2.45) is 0 Å². The van der Waals surface area contributed by atoms with Gasteiger partial charge in [0.15, 0.2) is 0 Å². The van der Waals surface area contributed by atoms with E-state index in [1.165, 1.54) is 0 Å². The molecule has 0 spiro atoms. The van der Waals surface area contributed by atoms with Gasteiger partial charge in [-0.25, -0.2) is 4.98 Å². The van der Waals surface area contributed by atoms with Crippen molar-refractivity contribution in [2.75, 3.05) is 5.32 Å². The largest absolute Gasteiger partial charge is 0.323 e. The van der Waals surface area contributed by atoms with Crippen LogP contribution >= 0.6 is 0 Å². The minimum Gasteiger partial charge on any atom is -0.323 e. The van der Waals surface area contributed by atoms with Gasteiger partial charge in [0.2, 0.25) is 5.95 Å². The summed E-state index contributed by atoms with van der Waals surface area (Å²) in [5.41, 5.74) is 2.01. The van der Waals surface area contributed by atoms with Crippen LogP contribution in [-0.4, -0.2) is 19.3 Å². The normalized spacial score (nSPS) is 10.6. The third kappa shape index (κ3) is 2.35. The summed E-state index contributed by atoms with van der Waals surface area (Å²) in [7, 11) is 0. The number of para-hydroxylation sites is 1. The van der Waals surface area contributed by atoms with Crippen molar-refractivity contribution in [1.82, 2.24) is 19.3 Å². The predicted molar refractivity (Wildman–Crippen MR) is 74.7 cm³/mol. The molecule has 0 aliphatic carbocycles. The molecule has 0 unspecified atom stereocenters. The first-order valence-corrected chi connectivity index (χ1v) is 6.25. The number of anilines is 2. The molecule has 0 amide bonds. The Balaban J connectivity index is 1.88. The molecule has 0 aliphatic heterocycles. The van der Waals surface area contributed by atoms with E-state index in [0.717, 1.165) is 23.9 Å². The van der Waals surface area contributed by atoms with Gasteiger partial charge in [0.05, 0.1) is 11.9 Å². The molecule has 96 valence electrons. The second kappa shape index (κ2) is 4.97. The Kier molecular flexibility index (Phi) is 3.02. The lowest BCUT2D eigenvalue weighted by Crippen LogP contribution is -2.00. The second-order valence-corrected chi connectivity index (χ2v) is 4.17. The van der Waals surface area contributed by atoms with E-state index >= 15 is 0 Å². The minimum absolute atomic E-state index is 0.779. The first-order chi connectivity index (χ1) is 9.36. The molecule has 3 rings (SSSR count). The van der Waals surface area contributed by atoms with E-state index in [1.807, 2.05) is 52.0 Å². The fraction of sp³-hybridized carbons (Fsp3) is 0.143. The Morgan fingerprint density at radius 1 is 1.21 bits per heavy atom. The van der Waals surface area contributed by atoms with E-state index in [1.54, 1.807) is 12.4 Å². The van der Waals surface area contributed by atoms with Crippen LogP contribution in [0.15, 0.2) is 55.1 Å². The summed E-state index contributed by atoms with van der Waals surface area (Å²) in [6.45, 7) is 2.91. The zero-order valence-electron chi connectivity index (χ0n) is 10.7. The maximum atomic E-state index is 4.34. The van der Waals surface area contributed by atoms with Crippen LogP contribution in [0.2, 0.25) is 0 Å². The van der Waals surface area contributed by atoms with Crippen molar-refractivity contribution >= 4 is 11.6 Å². The van der Waals surface area contributed by atoms with Crippen LogP contribution in [0.5, 0.6) is 0 Å². The van der Waals surface area contributed by atoms with Gasteiger partial charge in [-0.1, -0.05) is 18.2 Å². The van der Waals surface area contributed by atoms with E-state index in [2.05, 4.69) is 22.3 Å². The molecular weight excluding hydrogens is 238 g/mol. The maximum Gasteiger partial charge on any atom is 0.212 e. The molecule has 0 saturated carbocycles. The molecule has 0 saturated heterocycles. The van der Waals surface area contributed by atoms with E-state index in [0.29, 0.717) is 0 Å². The van der Waals surface area contributed by atoms with Crippen molar-refractivity contribution in [2.45, 2.75) is 13.5 Å². The van der Waals surface area contributed by atoms with E-state index in [9.17, 15) is 0 Å². The smallest absolute Gasteiger partial charge is 0.212 e. The molecule has 2 aromatic heterocycles. The average Bonchev–Trinajstić information content (AvgIpc) is 3.09. The van der Waals surface area contributed by atoms with Gasteiger partial charge in [-0.05, 0) is 19.1 Å². The molecular formula is C14H15N5. The lowest BCUT2D eigenvalue weighted by molar-refractivity contribution is 0.660. The van der Waals surface area contributed by atoms with E-state index in [4.69, 9.17) is 0 Å². The Morgan fingerprint density at radius 3 is 2.79 bits per heavy atom. The summed E-state index contributed by atoms with van der Waals surface area (Å²) in [6, 6.07) is 10.1. The minimum atomic E-state index is 0.779. The molecule has 5 nitrogen and oxygen atoms in total. The second-order valence-electron chi connectivity index (χ2n) is 4.17. The molecule has 5 heteroatoms. The van der Waals surface area contributed by atoms with Crippen LogP contribution in [0.25, 0.3) is 5.69 Å². The van der Waals surface area contributed by atoms with Crippen molar-refractivity contribution in [3.05, 3.63) is 55.1 Å². The number of benzene rings is 1.